The van der Waals surface area contributed by atoms with E-state index in [9.17, 15) is 9.59 Å². The Kier molecular flexibility index (Phi) is 5.00. The van der Waals surface area contributed by atoms with Crippen molar-refractivity contribution in [2.75, 3.05) is 6.54 Å². The Hall–Kier alpha value is -1.12. The number of hydrogen-bond acceptors (Lipinski definition) is 2. The number of hydrogen-bond donors (Lipinski definition) is 1. The van der Waals surface area contributed by atoms with E-state index in [0.29, 0.717) is 13.0 Å². The molecular weight excluding hydrogens is 154 g/mol. The van der Waals surface area contributed by atoms with E-state index >= 15 is 0 Å². The zero-order chi connectivity index (χ0) is 9.56. The third kappa shape index (κ3) is 3.32. The van der Waals surface area contributed by atoms with Gasteiger partial charge in [-0.15, -0.1) is 6.58 Å². The van der Waals surface area contributed by atoms with Gasteiger partial charge in [0.05, 0.1) is 5.92 Å². The molecule has 0 radical (unpaired) electrons. The SMILES string of the molecule is C=CCC(C(C)=O)C(=O)NCC. The van der Waals surface area contributed by atoms with Gasteiger partial charge in [0, 0.05) is 6.54 Å². The van der Waals surface area contributed by atoms with Gasteiger partial charge in [0.15, 0.2) is 0 Å². The Balaban J connectivity index is 4.18. The molecule has 0 aromatic carbocycles. The number of carbonyl (C=O) groups excluding carboxylic acids is 2. The van der Waals surface area contributed by atoms with Gasteiger partial charge in [-0.3, -0.25) is 9.59 Å². The maximum Gasteiger partial charge on any atom is 0.230 e. The number of nitrogens with one attached hydrogen (secondary N) is 1. The van der Waals surface area contributed by atoms with Crippen LogP contribution in [0.15, 0.2) is 12.7 Å². The number of ketones is 1. The van der Waals surface area contributed by atoms with E-state index in [0.717, 1.165) is 0 Å². The fourth-order valence-electron chi connectivity index (χ4n) is 0.922. The highest BCUT2D eigenvalue weighted by Crippen LogP contribution is 2.04. The highest BCUT2D eigenvalue weighted by atomic mass is 16.2. The molecule has 0 saturated heterocycles. The molecule has 0 aromatic rings. The van der Waals surface area contributed by atoms with Gasteiger partial charge in [-0.25, -0.2) is 0 Å². The first kappa shape index (κ1) is 10.9. The van der Waals surface area contributed by atoms with Crippen LogP contribution in [0.25, 0.3) is 0 Å². The van der Waals surface area contributed by atoms with Crippen molar-refractivity contribution in [3.8, 4) is 0 Å². The summed E-state index contributed by atoms with van der Waals surface area (Å²) in [6.07, 6.45) is 2.00. The van der Waals surface area contributed by atoms with Gasteiger partial charge < -0.3 is 5.32 Å². The second-order valence-electron chi connectivity index (χ2n) is 2.58. The summed E-state index contributed by atoms with van der Waals surface area (Å²) < 4.78 is 0. The fourth-order valence-corrected chi connectivity index (χ4v) is 0.922. The molecule has 0 aliphatic rings. The fraction of sp³-hybridized carbons (Fsp3) is 0.556. The van der Waals surface area contributed by atoms with E-state index in [-0.39, 0.29) is 11.7 Å². The van der Waals surface area contributed by atoms with Crippen LogP contribution in [0.4, 0.5) is 0 Å². The Bertz CT molecular complexity index is 187. The normalized spacial score (nSPS) is 11.8. The summed E-state index contributed by atoms with van der Waals surface area (Å²) in [6, 6.07) is 0. The zero-order valence-corrected chi connectivity index (χ0v) is 7.59. The Morgan fingerprint density at radius 1 is 1.58 bits per heavy atom. The molecule has 1 amide bonds. The minimum atomic E-state index is -0.553. The first-order valence-corrected chi connectivity index (χ1v) is 4.02. The van der Waals surface area contributed by atoms with Crippen LogP contribution in [0.3, 0.4) is 0 Å². The van der Waals surface area contributed by atoms with Gasteiger partial charge in [0.25, 0.3) is 0 Å². The summed E-state index contributed by atoms with van der Waals surface area (Å²) in [4.78, 5) is 22.1. The van der Waals surface area contributed by atoms with Crippen molar-refractivity contribution in [2.24, 2.45) is 5.92 Å². The first-order valence-electron chi connectivity index (χ1n) is 4.02. The largest absolute Gasteiger partial charge is 0.356 e. The maximum atomic E-state index is 11.2. The molecule has 1 atom stereocenters. The average Bonchev–Trinajstić information content (AvgIpc) is 1.99. The van der Waals surface area contributed by atoms with E-state index in [4.69, 9.17) is 0 Å². The van der Waals surface area contributed by atoms with E-state index in [1.165, 1.54) is 6.92 Å². The Morgan fingerprint density at radius 2 is 2.17 bits per heavy atom. The summed E-state index contributed by atoms with van der Waals surface area (Å²) in [7, 11) is 0. The lowest BCUT2D eigenvalue weighted by Crippen LogP contribution is -2.33. The number of amides is 1. The highest BCUT2D eigenvalue weighted by molar-refractivity contribution is 6.00. The van der Waals surface area contributed by atoms with E-state index in [2.05, 4.69) is 11.9 Å². The molecule has 0 aliphatic heterocycles. The summed E-state index contributed by atoms with van der Waals surface area (Å²) in [6.45, 7) is 7.29. The number of Topliss-reactive ketones (excluding diaryl/α,β-unsaturated/α-hetero) is 1. The van der Waals surface area contributed by atoms with Gasteiger partial charge in [-0.05, 0) is 20.3 Å². The summed E-state index contributed by atoms with van der Waals surface area (Å²) in [5.74, 6) is -0.867. The van der Waals surface area contributed by atoms with Crippen molar-refractivity contribution in [2.45, 2.75) is 20.3 Å². The predicted molar refractivity (Wildman–Crippen MR) is 47.7 cm³/mol. The smallest absolute Gasteiger partial charge is 0.230 e. The van der Waals surface area contributed by atoms with Crippen molar-refractivity contribution in [1.82, 2.24) is 5.32 Å². The van der Waals surface area contributed by atoms with Crippen molar-refractivity contribution in [1.29, 1.82) is 0 Å². The standard InChI is InChI=1S/C9H15NO2/c1-4-6-8(7(3)11)9(12)10-5-2/h4,8H,1,5-6H2,2-3H3,(H,10,12). The molecule has 12 heavy (non-hydrogen) atoms. The molecule has 0 aliphatic carbocycles. The van der Waals surface area contributed by atoms with Gasteiger partial charge in [0.1, 0.15) is 5.78 Å². The highest BCUT2D eigenvalue weighted by Gasteiger charge is 2.20. The molecule has 0 spiro atoms. The van der Waals surface area contributed by atoms with Crippen LogP contribution in [0, 0.1) is 5.92 Å². The van der Waals surface area contributed by atoms with Crippen LogP contribution in [-0.4, -0.2) is 18.2 Å². The molecule has 3 nitrogen and oxygen atoms in total. The van der Waals surface area contributed by atoms with E-state index < -0.39 is 5.92 Å². The van der Waals surface area contributed by atoms with Crippen molar-refractivity contribution < 1.29 is 9.59 Å². The van der Waals surface area contributed by atoms with E-state index in [1.807, 2.05) is 6.92 Å². The molecule has 0 rings (SSSR count). The van der Waals surface area contributed by atoms with Crippen LogP contribution in [-0.2, 0) is 9.59 Å². The third-order valence-electron chi connectivity index (χ3n) is 1.56. The minimum absolute atomic E-state index is 0.110. The average molecular weight is 169 g/mol. The van der Waals surface area contributed by atoms with Crippen molar-refractivity contribution in [3.05, 3.63) is 12.7 Å². The molecular formula is C9H15NO2. The molecule has 3 heteroatoms. The van der Waals surface area contributed by atoms with Crippen LogP contribution in [0.5, 0.6) is 0 Å². The van der Waals surface area contributed by atoms with Crippen molar-refractivity contribution in [3.63, 3.8) is 0 Å². The van der Waals surface area contributed by atoms with Gasteiger partial charge >= 0.3 is 0 Å². The monoisotopic (exact) mass is 169 g/mol. The Morgan fingerprint density at radius 3 is 2.50 bits per heavy atom. The van der Waals surface area contributed by atoms with Gasteiger partial charge in [-0.2, -0.15) is 0 Å². The molecule has 0 fully saturated rings. The summed E-state index contributed by atoms with van der Waals surface area (Å²) in [5, 5.41) is 2.60. The third-order valence-corrected chi connectivity index (χ3v) is 1.56. The van der Waals surface area contributed by atoms with Crippen LogP contribution < -0.4 is 5.32 Å². The molecule has 68 valence electrons. The van der Waals surface area contributed by atoms with Crippen LogP contribution in [0.2, 0.25) is 0 Å². The lowest BCUT2D eigenvalue weighted by atomic mass is 10.0. The van der Waals surface area contributed by atoms with Gasteiger partial charge in [0.2, 0.25) is 5.91 Å². The second kappa shape index (κ2) is 5.52. The lowest BCUT2D eigenvalue weighted by Gasteiger charge is -2.10. The molecule has 0 bridgehead atoms. The number of rotatable bonds is 5. The maximum absolute atomic E-state index is 11.2. The summed E-state index contributed by atoms with van der Waals surface area (Å²) >= 11 is 0. The quantitative estimate of drug-likeness (QED) is 0.491. The van der Waals surface area contributed by atoms with E-state index in [1.54, 1.807) is 6.08 Å². The minimum Gasteiger partial charge on any atom is -0.356 e. The van der Waals surface area contributed by atoms with Crippen molar-refractivity contribution >= 4 is 11.7 Å². The Labute approximate surface area is 72.8 Å². The molecule has 1 N–H and O–H groups in total. The topological polar surface area (TPSA) is 46.2 Å². The molecule has 1 unspecified atom stereocenters. The molecule has 0 saturated carbocycles. The molecule has 0 heterocycles. The van der Waals surface area contributed by atoms with Crippen LogP contribution >= 0.6 is 0 Å². The second-order valence-corrected chi connectivity index (χ2v) is 2.58. The first-order chi connectivity index (χ1) is 5.63. The van der Waals surface area contributed by atoms with Crippen LogP contribution in [0.1, 0.15) is 20.3 Å². The zero-order valence-electron chi connectivity index (χ0n) is 7.59. The number of allylic oxidation sites excluding steroid dienone is 1. The van der Waals surface area contributed by atoms with Gasteiger partial charge in [-0.1, -0.05) is 6.08 Å². The molecule has 0 aromatic heterocycles. The lowest BCUT2D eigenvalue weighted by molar-refractivity contribution is -0.132. The predicted octanol–water partition coefficient (Wildman–Crippen LogP) is 0.904. The number of carbonyl (C=O) groups is 2. The summed E-state index contributed by atoms with van der Waals surface area (Å²) in [5.41, 5.74) is 0.